The number of aromatic nitrogens is 2. The van der Waals surface area contributed by atoms with Gasteiger partial charge in [0.2, 0.25) is 0 Å². The Morgan fingerprint density at radius 2 is 1.06 bits per heavy atom. The summed E-state index contributed by atoms with van der Waals surface area (Å²) in [4.78, 5) is 8.99. The normalized spacial score (nSPS) is 11.7. The van der Waals surface area contributed by atoms with Gasteiger partial charge in [-0.25, -0.2) is 0 Å². The van der Waals surface area contributed by atoms with E-state index in [9.17, 15) is 0 Å². The third-order valence-corrected chi connectivity index (χ3v) is 8.44. The van der Waals surface area contributed by atoms with E-state index in [0.717, 1.165) is 66.4 Å². The number of fused-ring (bicyclic) bond motifs is 6. The van der Waals surface area contributed by atoms with Crippen LogP contribution in [0.15, 0.2) is 155 Å². The second kappa shape index (κ2) is 13.2. The summed E-state index contributed by atoms with van der Waals surface area (Å²) in [5.74, 6) is 0.294. The monoisotopic (exact) mass is 785 g/mol. The van der Waals surface area contributed by atoms with Crippen molar-refractivity contribution in [2.75, 3.05) is 0 Å². The molecule has 9 rings (SSSR count). The van der Waals surface area contributed by atoms with Crippen molar-refractivity contribution < 1.29 is 28.9 Å². The molecule has 0 bridgehead atoms. The molecule has 4 heterocycles. The van der Waals surface area contributed by atoms with Gasteiger partial charge in [0, 0.05) is 49.2 Å². The number of para-hydroxylation sites is 2. The molecular weight excluding hydrogens is 757 g/mol. The number of hydrogen-bond acceptors (Lipinski definition) is 4. The third-order valence-electron chi connectivity index (χ3n) is 8.44. The van der Waals surface area contributed by atoms with Crippen LogP contribution in [0.1, 0.15) is 24.0 Å². The first-order chi connectivity index (χ1) is 22.7. The van der Waals surface area contributed by atoms with E-state index in [1.165, 1.54) is 11.1 Å². The van der Waals surface area contributed by atoms with Crippen LogP contribution in [0.2, 0.25) is 0 Å². The molecule has 1 radical (unpaired) electrons. The first-order valence-corrected chi connectivity index (χ1v) is 15.3. The van der Waals surface area contributed by atoms with E-state index in [4.69, 9.17) is 8.83 Å². The molecule has 0 spiro atoms. The van der Waals surface area contributed by atoms with Crippen molar-refractivity contribution in [1.82, 2.24) is 9.97 Å². The van der Waals surface area contributed by atoms with Gasteiger partial charge in [-0.1, -0.05) is 114 Å². The van der Waals surface area contributed by atoms with Gasteiger partial charge in [0.15, 0.2) is 0 Å². The molecule has 229 valence electrons. The molecular formula is C42H28IrN2O2-2. The minimum absolute atomic E-state index is 0. The fraction of sp³-hybridized carbons (Fsp3) is 0.0476. The first kappa shape index (κ1) is 30.3. The first-order valence-electron chi connectivity index (χ1n) is 15.3. The average molecular weight is 785 g/mol. The Balaban J connectivity index is 0.000000155. The third kappa shape index (κ3) is 5.76. The average Bonchev–Trinajstić information content (AvgIpc) is 3.71. The number of pyridine rings is 2. The van der Waals surface area contributed by atoms with Crippen LogP contribution in [0.5, 0.6) is 0 Å². The summed E-state index contributed by atoms with van der Waals surface area (Å²) in [6.45, 7) is 2.22. The SMILES string of the molecule is CC(c1ccccc1)c1ccnc(-c2[c-]ccc3c2oc2ccccc23)c1.[Ir].[c-]1ccc2c(oc3ccccc32)c1-c1ccccn1. The molecule has 1 unspecified atom stereocenters. The zero-order chi connectivity index (χ0) is 30.9. The van der Waals surface area contributed by atoms with Gasteiger partial charge in [-0.2, -0.15) is 0 Å². The molecule has 5 heteroatoms. The molecule has 4 nitrogen and oxygen atoms in total. The van der Waals surface area contributed by atoms with Crippen LogP contribution in [0.4, 0.5) is 0 Å². The zero-order valence-electron chi connectivity index (χ0n) is 25.5. The van der Waals surface area contributed by atoms with E-state index in [1.54, 1.807) is 6.20 Å². The van der Waals surface area contributed by atoms with Crippen LogP contribution < -0.4 is 0 Å². The van der Waals surface area contributed by atoms with Gasteiger partial charge in [0.25, 0.3) is 0 Å². The minimum atomic E-state index is 0. The van der Waals surface area contributed by atoms with Crippen LogP contribution in [0, 0.1) is 12.1 Å². The summed E-state index contributed by atoms with van der Waals surface area (Å²) in [5, 5.41) is 4.46. The predicted molar refractivity (Wildman–Crippen MR) is 186 cm³/mol. The second-order valence-corrected chi connectivity index (χ2v) is 11.2. The molecule has 0 saturated heterocycles. The standard InChI is InChI=1S/C25H18NO.C17H10NO.Ir/c1-17(18-8-3-2-4-9-18)19-14-15-26-23(16-19)22-12-7-11-21-20-10-5-6-13-24(20)27-25(21)22;1-2-10-16-12(6-1)13-7-5-8-14(17(13)19-16)15-9-3-4-11-18-15;/h2-11,13-17H,1H3;1-7,9-11H;/q2*-1;. The molecule has 0 aliphatic rings. The number of benzene rings is 5. The van der Waals surface area contributed by atoms with Gasteiger partial charge in [-0.05, 0) is 46.8 Å². The van der Waals surface area contributed by atoms with E-state index in [2.05, 4.69) is 83.6 Å². The fourth-order valence-corrected chi connectivity index (χ4v) is 6.06. The van der Waals surface area contributed by atoms with Crippen LogP contribution in [0.25, 0.3) is 66.4 Å². The smallest absolute Gasteiger partial charge is 0.120 e. The Labute approximate surface area is 286 Å². The minimum Gasteiger partial charge on any atom is -0.501 e. The van der Waals surface area contributed by atoms with Crippen molar-refractivity contribution in [3.05, 3.63) is 169 Å². The van der Waals surface area contributed by atoms with Gasteiger partial charge in [-0.3, -0.25) is 0 Å². The number of rotatable bonds is 4. The van der Waals surface area contributed by atoms with Crippen molar-refractivity contribution in [2.45, 2.75) is 12.8 Å². The summed E-state index contributed by atoms with van der Waals surface area (Å²) in [6, 6.07) is 51.3. The van der Waals surface area contributed by atoms with Crippen molar-refractivity contribution in [1.29, 1.82) is 0 Å². The summed E-state index contributed by atoms with van der Waals surface area (Å²) < 4.78 is 12.1. The van der Waals surface area contributed by atoms with Crippen molar-refractivity contribution in [3.8, 4) is 22.5 Å². The molecule has 9 aromatic rings. The molecule has 5 aromatic carbocycles. The van der Waals surface area contributed by atoms with Crippen LogP contribution in [0.3, 0.4) is 0 Å². The Morgan fingerprint density at radius 3 is 1.68 bits per heavy atom. The quantitative estimate of drug-likeness (QED) is 0.167. The summed E-state index contributed by atoms with van der Waals surface area (Å²) in [6.07, 6.45) is 3.66. The second-order valence-electron chi connectivity index (χ2n) is 11.2. The van der Waals surface area contributed by atoms with Crippen molar-refractivity contribution in [3.63, 3.8) is 0 Å². The summed E-state index contributed by atoms with van der Waals surface area (Å²) in [7, 11) is 0. The van der Waals surface area contributed by atoms with E-state index in [1.807, 2.05) is 85.1 Å². The number of hydrogen-bond donors (Lipinski definition) is 0. The fourth-order valence-electron chi connectivity index (χ4n) is 6.06. The Hall–Kier alpha value is -5.35. The van der Waals surface area contributed by atoms with E-state index in [0.29, 0.717) is 5.92 Å². The molecule has 0 amide bonds. The predicted octanol–water partition coefficient (Wildman–Crippen LogP) is 11.0. The molecule has 4 aromatic heterocycles. The van der Waals surface area contributed by atoms with Gasteiger partial charge >= 0.3 is 0 Å². The largest absolute Gasteiger partial charge is 0.501 e. The van der Waals surface area contributed by atoms with Crippen molar-refractivity contribution in [2.24, 2.45) is 0 Å². The molecule has 1 atom stereocenters. The summed E-state index contributed by atoms with van der Waals surface area (Å²) in [5.41, 5.74) is 9.59. The van der Waals surface area contributed by atoms with Gasteiger partial charge < -0.3 is 18.8 Å². The van der Waals surface area contributed by atoms with E-state index in [-0.39, 0.29) is 20.1 Å². The molecule has 0 saturated carbocycles. The Kier molecular flexibility index (Phi) is 8.50. The van der Waals surface area contributed by atoms with Crippen LogP contribution >= 0.6 is 0 Å². The molecule has 0 aliphatic heterocycles. The van der Waals surface area contributed by atoms with E-state index < -0.39 is 0 Å². The zero-order valence-corrected chi connectivity index (χ0v) is 27.9. The maximum Gasteiger partial charge on any atom is 0.120 e. The van der Waals surface area contributed by atoms with Crippen molar-refractivity contribution >= 4 is 43.9 Å². The molecule has 0 aliphatic carbocycles. The molecule has 0 fully saturated rings. The summed E-state index contributed by atoms with van der Waals surface area (Å²) >= 11 is 0. The van der Waals surface area contributed by atoms with Crippen LogP contribution in [-0.4, -0.2) is 9.97 Å². The van der Waals surface area contributed by atoms with Crippen LogP contribution in [-0.2, 0) is 20.1 Å². The van der Waals surface area contributed by atoms with Gasteiger partial charge in [0.1, 0.15) is 11.2 Å². The Bertz CT molecular complexity index is 2450. The number of furan rings is 2. The topological polar surface area (TPSA) is 52.1 Å². The van der Waals surface area contributed by atoms with Gasteiger partial charge in [-0.15, -0.1) is 36.4 Å². The Morgan fingerprint density at radius 1 is 0.511 bits per heavy atom. The molecule has 47 heavy (non-hydrogen) atoms. The molecule has 0 N–H and O–H groups in total. The maximum atomic E-state index is 6.15. The maximum absolute atomic E-state index is 6.15. The number of nitrogens with zero attached hydrogens (tertiary/aromatic N) is 2. The van der Waals surface area contributed by atoms with Gasteiger partial charge in [0.05, 0.1) is 11.2 Å². The van der Waals surface area contributed by atoms with E-state index >= 15 is 0 Å².